The highest BCUT2D eigenvalue weighted by Gasteiger charge is 2.24. The number of nitro benzene ring substituents is 1. The van der Waals surface area contributed by atoms with Crippen molar-refractivity contribution in [3.05, 3.63) is 34.4 Å². The predicted octanol–water partition coefficient (Wildman–Crippen LogP) is 2.83. The van der Waals surface area contributed by atoms with E-state index in [1.54, 1.807) is 12.1 Å². The molecule has 0 heterocycles. The van der Waals surface area contributed by atoms with E-state index in [9.17, 15) is 10.1 Å². The van der Waals surface area contributed by atoms with Gasteiger partial charge in [-0.1, -0.05) is 0 Å². The number of hydrogen-bond acceptors (Lipinski definition) is 4. The summed E-state index contributed by atoms with van der Waals surface area (Å²) in [5.41, 5.74) is 0.161. The summed E-state index contributed by atoms with van der Waals surface area (Å²) in [5.74, 6) is 0. The van der Waals surface area contributed by atoms with E-state index in [4.69, 9.17) is 0 Å². The molecule has 0 saturated heterocycles. The summed E-state index contributed by atoms with van der Waals surface area (Å²) in [6, 6.07) is 7.47. The van der Waals surface area contributed by atoms with Crippen molar-refractivity contribution < 1.29 is 4.92 Å². The quantitative estimate of drug-likeness (QED) is 0.661. The first kappa shape index (κ1) is 12.4. The van der Waals surface area contributed by atoms with Crippen molar-refractivity contribution in [1.82, 2.24) is 5.32 Å². The van der Waals surface area contributed by atoms with Crippen LogP contribution in [0, 0.1) is 10.1 Å². The average Bonchev–Trinajstić information content (AvgIpc) is 2.77. The van der Waals surface area contributed by atoms with Gasteiger partial charge in [0.05, 0.1) is 4.92 Å². The highest BCUT2D eigenvalue weighted by molar-refractivity contribution is 8.00. The smallest absolute Gasteiger partial charge is 0.269 e. The molecular formula is C12H16N2O2S. The van der Waals surface area contributed by atoms with Crippen molar-refractivity contribution in [1.29, 1.82) is 0 Å². The van der Waals surface area contributed by atoms with Crippen LogP contribution in [0.25, 0.3) is 0 Å². The van der Waals surface area contributed by atoms with E-state index in [1.807, 2.05) is 30.9 Å². The molecule has 1 aliphatic carbocycles. The third-order valence-electron chi connectivity index (χ3n) is 3.14. The molecule has 17 heavy (non-hydrogen) atoms. The number of hydrogen-bond donors (Lipinski definition) is 1. The van der Waals surface area contributed by atoms with E-state index in [0.717, 1.165) is 4.90 Å². The van der Waals surface area contributed by atoms with Crippen LogP contribution in [-0.4, -0.2) is 23.3 Å². The Labute approximate surface area is 105 Å². The van der Waals surface area contributed by atoms with E-state index in [-0.39, 0.29) is 10.6 Å². The minimum atomic E-state index is -0.360. The minimum Gasteiger partial charge on any atom is -0.317 e. The van der Waals surface area contributed by atoms with Gasteiger partial charge in [0.2, 0.25) is 0 Å². The number of nitro groups is 1. The van der Waals surface area contributed by atoms with Gasteiger partial charge in [0.25, 0.3) is 5.69 Å². The second-order valence-electron chi connectivity index (χ2n) is 4.29. The fourth-order valence-corrected chi connectivity index (χ4v) is 3.41. The third kappa shape index (κ3) is 3.20. The summed E-state index contributed by atoms with van der Waals surface area (Å²) >= 11 is 1.83. The molecule has 4 nitrogen and oxygen atoms in total. The Morgan fingerprint density at radius 3 is 2.59 bits per heavy atom. The highest BCUT2D eigenvalue weighted by Crippen LogP contribution is 2.35. The van der Waals surface area contributed by atoms with Crippen molar-refractivity contribution in [3.8, 4) is 0 Å². The highest BCUT2D eigenvalue weighted by atomic mass is 32.2. The molecule has 0 amide bonds. The van der Waals surface area contributed by atoms with E-state index in [2.05, 4.69) is 5.32 Å². The van der Waals surface area contributed by atoms with Crippen molar-refractivity contribution in [2.24, 2.45) is 0 Å². The molecule has 1 aromatic rings. The third-order valence-corrected chi connectivity index (χ3v) is 4.45. The molecule has 1 aliphatic rings. The normalized spacial score (nSPS) is 23.8. The zero-order valence-corrected chi connectivity index (χ0v) is 10.6. The fraction of sp³-hybridized carbons (Fsp3) is 0.500. The summed E-state index contributed by atoms with van der Waals surface area (Å²) in [7, 11) is 2.00. The molecule has 1 saturated carbocycles. The first-order valence-electron chi connectivity index (χ1n) is 5.77. The summed E-state index contributed by atoms with van der Waals surface area (Å²) in [6.45, 7) is 0. The van der Waals surface area contributed by atoms with Gasteiger partial charge >= 0.3 is 0 Å². The Morgan fingerprint density at radius 2 is 2.06 bits per heavy atom. The number of thioether (sulfide) groups is 1. The molecule has 92 valence electrons. The van der Waals surface area contributed by atoms with Gasteiger partial charge in [0.1, 0.15) is 0 Å². The maximum atomic E-state index is 10.5. The molecule has 0 aliphatic heterocycles. The van der Waals surface area contributed by atoms with Crippen LogP contribution in [0.4, 0.5) is 5.69 Å². The van der Waals surface area contributed by atoms with Gasteiger partial charge in [-0.15, -0.1) is 11.8 Å². The van der Waals surface area contributed by atoms with Crippen LogP contribution in [0.15, 0.2) is 29.2 Å². The SMILES string of the molecule is CNC1CCC(Sc2ccc([N+](=O)[O-])cc2)C1. The second-order valence-corrected chi connectivity index (χ2v) is 5.66. The minimum absolute atomic E-state index is 0.161. The molecule has 2 atom stereocenters. The monoisotopic (exact) mass is 252 g/mol. The lowest BCUT2D eigenvalue weighted by Crippen LogP contribution is -2.21. The number of benzene rings is 1. The van der Waals surface area contributed by atoms with E-state index in [1.165, 1.54) is 19.3 Å². The van der Waals surface area contributed by atoms with Gasteiger partial charge in [-0.3, -0.25) is 10.1 Å². The molecule has 0 aromatic heterocycles. The second kappa shape index (κ2) is 5.51. The Balaban J connectivity index is 1.93. The van der Waals surface area contributed by atoms with E-state index >= 15 is 0 Å². The lowest BCUT2D eigenvalue weighted by Gasteiger charge is -2.10. The Kier molecular flexibility index (Phi) is 4.02. The molecular weight excluding hydrogens is 236 g/mol. The zero-order chi connectivity index (χ0) is 12.3. The van der Waals surface area contributed by atoms with Crippen LogP contribution in [0.5, 0.6) is 0 Å². The Hall–Kier alpha value is -1.07. The largest absolute Gasteiger partial charge is 0.317 e. The number of rotatable bonds is 4. The summed E-state index contributed by atoms with van der Waals surface area (Å²) in [6.07, 6.45) is 3.62. The van der Waals surface area contributed by atoms with Gasteiger partial charge < -0.3 is 5.32 Å². The molecule has 0 radical (unpaired) electrons. The number of nitrogens with one attached hydrogen (secondary N) is 1. The summed E-state index contributed by atoms with van der Waals surface area (Å²) < 4.78 is 0. The maximum absolute atomic E-state index is 10.5. The van der Waals surface area contributed by atoms with Gasteiger partial charge in [0, 0.05) is 28.3 Å². The molecule has 2 unspecified atom stereocenters. The average molecular weight is 252 g/mol. The van der Waals surface area contributed by atoms with Gasteiger partial charge in [-0.2, -0.15) is 0 Å². The van der Waals surface area contributed by atoms with Gasteiger partial charge in [0.15, 0.2) is 0 Å². The van der Waals surface area contributed by atoms with Crippen molar-refractivity contribution in [3.63, 3.8) is 0 Å². The predicted molar refractivity (Wildman–Crippen MR) is 69.4 cm³/mol. The molecule has 1 aromatic carbocycles. The van der Waals surface area contributed by atoms with Crippen LogP contribution in [0.2, 0.25) is 0 Å². The summed E-state index contributed by atoms with van der Waals surface area (Å²) in [4.78, 5) is 11.3. The standard InChI is InChI=1S/C12H16N2O2S/c1-13-9-2-5-12(8-9)17-11-6-3-10(4-7-11)14(15)16/h3-4,6-7,9,12-13H,2,5,8H2,1H3. The van der Waals surface area contributed by atoms with Crippen LogP contribution < -0.4 is 5.32 Å². The number of non-ortho nitro benzene ring substituents is 1. The fourth-order valence-electron chi connectivity index (χ4n) is 2.15. The molecule has 0 spiro atoms. The molecule has 1 N–H and O–H groups in total. The molecule has 0 bridgehead atoms. The van der Waals surface area contributed by atoms with Crippen molar-refractivity contribution >= 4 is 17.4 Å². The molecule has 5 heteroatoms. The lowest BCUT2D eigenvalue weighted by molar-refractivity contribution is -0.384. The topological polar surface area (TPSA) is 55.2 Å². The zero-order valence-electron chi connectivity index (χ0n) is 9.76. The molecule has 2 rings (SSSR count). The van der Waals surface area contributed by atoms with Gasteiger partial charge in [-0.05, 0) is 38.4 Å². The Bertz CT molecular complexity index is 394. The van der Waals surface area contributed by atoms with Crippen LogP contribution >= 0.6 is 11.8 Å². The van der Waals surface area contributed by atoms with Gasteiger partial charge in [-0.25, -0.2) is 0 Å². The first-order valence-corrected chi connectivity index (χ1v) is 6.65. The van der Waals surface area contributed by atoms with Crippen LogP contribution in [-0.2, 0) is 0 Å². The lowest BCUT2D eigenvalue weighted by atomic mass is 10.3. The summed E-state index contributed by atoms with van der Waals surface area (Å²) in [5, 5.41) is 14.5. The van der Waals surface area contributed by atoms with Crippen LogP contribution in [0.3, 0.4) is 0 Å². The van der Waals surface area contributed by atoms with Crippen molar-refractivity contribution in [2.45, 2.75) is 35.4 Å². The molecule has 1 fully saturated rings. The Morgan fingerprint density at radius 1 is 1.35 bits per heavy atom. The van der Waals surface area contributed by atoms with E-state index in [0.29, 0.717) is 11.3 Å². The van der Waals surface area contributed by atoms with Crippen molar-refractivity contribution in [2.75, 3.05) is 7.05 Å². The number of nitrogens with zero attached hydrogens (tertiary/aromatic N) is 1. The van der Waals surface area contributed by atoms with Crippen LogP contribution in [0.1, 0.15) is 19.3 Å². The van der Waals surface area contributed by atoms with E-state index < -0.39 is 0 Å². The first-order chi connectivity index (χ1) is 8.19. The maximum Gasteiger partial charge on any atom is 0.269 e.